The van der Waals surface area contributed by atoms with Gasteiger partial charge in [-0.15, -0.1) is 0 Å². The van der Waals surface area contributed by atoms with Crippen LogP contribution in [0.15, 0.2) is 12.3 Å². The summed E-state index contributed by atoms with van der Waals surface area (Å²) in [5, 5.41) is 0. The maximum absolute atomic E-state index is 5.63. The van der Waals surface area contributed by atoms with Crippen molar-refractivity contribution in [3.05, 3.63) is 23.4 Å². The van der Waals surface area contributed by atoms with Gasteiger partial charge in [0.25, 0.3) is 0 Å². The van der Waals surface area contributed by atoms with Crippen LogP contribution < -0.4 is 10.6 Å². The Morgan fingerprint density at radius 1 is 1.28 bits per heavy atom. The van der Waals surface area contributed by atoms with Crippen LogP contribution in [0.5, 0.6) is 0 Å². The summed E-state index contributed by atoms with van der Waals surface area (Å²) in [6.07, 6.45) is 3.04. The molecule has 2 N–H and O–H groups in total. The van der Waals surface area contributed by atoms with E-state index in [4.69, 9.17) is 5.73 Å². The van der Waals surface area contributed by atoms with Gasteiger partial charge in [-0.1, -0.05) is 0 Å². The van der Waals surface area contributed by atoms with E-state index in [0.29, 0.717) is 6.54 Å². The minimum Gasteiger partial charge on any atom is -0.357 e. The number of nitrogens with zero attached hydrogens (tertiary/aromatic N) is 3. The van der Waals surface area contributed by atoms with E-state index in [2.05, 4.69) is 48.8 Å². The highest BCUT2D eigenvalue weighted by Gasteiger charge is 2.09. The molecule has 0 unspecified atom stereocenters. The van der Waals surface area contributed by atoms with E-state index in [1.54, 1.807) is 0 Å². The first-order chi connectivity index (χ1) is 8.58. The minimum atomic E-state index is 0.556. The van der Waals surface area contributed by atoms with Crippen LogP contribution in [0, 0.1) is 6.92 Å². The summed E-state index contributed by atoms with van der Waals surface area (Å²) in [6.45, 7) is 7.98. The molecule has 0 aliphatic rings. The number of pyridine rings is 1. The maximum Gasteiger partial charge on any atom is 0.131 e. The van der Waals surface area contributed by atoms with Crippen molar-refractivity contribution in [3.63, 3.8) is 0 Å². The summed E-state index contributed by atoms with van der Waals surface area (Å²) in [6, 6.07) is 2.14. The number of nitrogens with two attached hydrogens (primary N) is 1. The summed E-state index contributed by atoms with van der Waals surface area (Å²) in [7, 11) is 4.21. The highest BCUT2D eigenvalue weighted by Crippen LogP contribution is 2.17. The third-order valence-corrected chi connectivity index (χ3v) is 3.06. The molecule has 0 aliphatic carbocycles. The zero-order valence-corrected chi connectivity index (χ0v) is 12.1. The molecule has 0 fully saturated rings. The lowest BCUT2D eigenvalue weighted by Crippen LogP contribution is -2.28. The Balaban J connectivity index is 2.69. The Morgan fingerprint density at radius 2 is 2.00 bits per heavy atom. The molecule has 0 spiro atoms. The van der Waals surface area contributed by atoms with E-state index >= 15 is 0 Å². The molecule has 0 amide bonds. The molecule has 0 radical (unpaired) electrons. The number of aromatic nitrogens is 1. The van der Waals surface area contributed by atoms with Crippen LogP contribution in [0.2, 0.25) is 0 Å². The second kappa shape index (κ2) is 7.34. The van der Waals surface area contributed by atoms with Gasteiger partial charge in [-0.3, -0.25) is 0 Å². The second-order valence-corrected chi connectivity index (χ2v) is 4.92. The molecule has 0 saturated heterocycles. The van der Waals surface area contributed by atoms with Crippen LogP contribution in [-0.2, 0) is 6.54 Å². The third-order valence-electron chi connectivity index (χ3n) is 3.06. The van der Waals surface area contributed by atoms with Crippen molar-refractivity contribution in [3.8, 4) is 0 Å². The van der Waals surface area contributed by atoms with Crippen LogP contribution in [0.4, 0.5) is 5.82 Å². The monoisotopic (exact) mass is 250 g/mol. The van der Waals surface area contributed by atoms with Gasteiger partial charge in [0.2, 0.25) is 0 Å². The van der Waals surface area contributed by atoms with Crippen molar-refractivity contribution in [1.82, 2.24) is 9.88 Å². The molecule has 1 aromatic heterocycles. The van der Waals surface area contributed by atoms with Gasteiger partial charge in [0.1, 0.15) is 5.82 Å². The van der Waals surface area contributed by atoms with Crippen molar-refractivity contribution in [2.24, 2.45) is 5.73 Å². The van der Waals surface area contributed by atoms with Gasteiger partial charge in [-0.05, 0) is 58.1 Å². The Hall–Kier alpha value is -1.13. The summed E-state index contributed by atoms with van der Waals surface area (Å²) in [4.78, 5) is 9.10. The van der Waals surface area contributed by atoms with Crippen LogP contribution in [0.3, 0.4) is 0 Å². The van der Waals surface area contributed by atoms with Crippen LogP contribution in [-0.4, -0.2) is 43.6 Å². The molecule has 0 aliphatic heterocycles. The molecule has 1 aromatic rings. The second-order valence-electron chi connectivity index (χ2n) is 4.92. The Morgan fingerprint density at radius 3 is 2.50 bits per heavy atom. The largest absolute Gasteiger partial charge is 0.357 e. The van der Waals surface area contributed by atoms with Gasteiger partial charge in [-0.25, -0.2) is 4.98 Å². The van der Waals surface area contributed by atoms with Crippen molar-refractivity contribution in [1.29, 1.82) is 0 Å². The smallest absolute Gasteiger partial charge is 0.131 e. The number of rotatable bonds is 7. The Bertz CT molecular complexity index is 363. The first-order valence-electron chi connectivity index (χ1n) is 6.63. The van der Waals surface area contributed by atoms with Crippen molar-refractivity contribution >= 4 is 5.82 Å². The topological polar surface area (TPSA) is 45.4 Å². The van der Waals surface area contributed by atoms with E-state index in [-0.39, 0.29) is 0 Å². The highest BCUT2D eigenvalue weighted by atomic mass is 15.2. The van der Waals surface area contributed by atoms with Crippen molar-refractivity contribution in [2.75, 3.05) is 38.6 Å². The molecule has 102 valence electrons. The Kier molecular flexibility index (Phi) is 6.09. The van der Waals surface area contributed by atoms with Gasteiger partial charge in [0.05, 0.1) is 0 Å². The fourth-order valence-corrected chi connectivity index (χ4v) is 2.06. The molecule has 4 nitrogen and oxygen atoms in total. The first-order valence-corrected chi connectivity index (χ1v) is 6.63. The van der Waals surface area contributed by atoms with Gasteiger partial charge < -0.3 is 15.5 Å². The molecule has 0 bridgehead atoms. The van der Waals surface area contributed by atoms with Crippen molar-refractivity contribution < 1.29 is 0 Å². The lowest BCUT2D eigenvalue weighted by atomic mass is 10.2. The molecular weight excluding hydrogens is 224 g/mol. The summed E-state index contributed by atoms with van der Waals surface area (Å²) in [5.74, 6) is 1.09. The molecule has 1 rings (SSSR count). The fraction of sp³-hybridized carbons (Fsp3) is 0.643. The number of anilines is 1. The van der Waals surface area contributed by atoms with E-state index < -0.39 is 0 Å². The lowest BCUT2D eigenvalue weighted by molar-refractivity contribution is 0.400. The first kappa shape index (κ1) is 14.9. The molecule has 4 heteroatoms. The van der Waals surface area contributed by atoms with E-state index in [0.717, 1.165) is 37.4 Å². The molecule has 0 saturated carbocycles. The van der Waals surface area contributed by atoms with Gasteiger partial charge in [0, 0.05) is 25.8 Å². The predicted octanol–water partition coefficient (Wildman–Crippen LogP) is 1.63. The summed E-state index contributed by atoms with van der Waals surface area (Å²) < 4.78 is 0. The Labute approximate surface area is 111 Å². The van der Waals surface area contributed by atoms with Gasteiger partial charge in [0.15, 0.2) is 0 Å². The fourth-order valence-electron chi connectivity index (χ4n) is 2.06. The van der Waals surface area contributed by atoms with Gasteiger partial charge in [-0.2, -0.15) is 0 Å². The van der Waals surface area contributed by atoms with E-state index in [1.165, 1.54) is 5.56 Å². The SMILES string of the molecule is CCN(CCCN(C)C)c1ncc(CN)cc1C. The predicted molar refractivity (Wildman–Crippen MR) is 77.9 cm³/mol. The van der Waals surface area contributed by atoms with Gasteiger partial charge >= 0.3 is 0 Å². The average molecular weight is 250 g/mol. The number of hydrogen-bond acceptors (Lipinski definition) is 4. The zero-order valence-electron chi connectivity index (χ0n) is 12.1. The minimum absolute atomic E-state index is 0.556. The van der Waals surface area contributed by atoms with Crippen molar-refractivity contribution in [2.45, 2.75) is 26.8 Å². The quantitative estimate of drug-likeness (QED) is 0.799. The van der Waals surface area contributed by atoms with Crippen LogP contribution in [0.25, 0.3) is 0 Å². The third kappa shape index (κ3) is 4.27. The molecular formula is C14H26N4. The standard InChI is InChI=1S/C14H26N4/c1-5-18(8-6-7-17(3)4)14-12(2)9-13(10-15)11-16-14/h9,11H,5-8,10,15H2,1-4H3. The summed E-state index contributed by atoms with van der Waals surface area (Å²) >= 11 is 0. The normalized spacial score (nSPS) is 11.0. The zero-order chi connectivity index (χ0) is 13.5. The lowest BCUT2D eigenvalue weighted by Gasteiger charge is -2.24. The molecule has 1 heterocycles. The van der Waals surface area contributed by atoms with Crippen LogP contribution >= 0.6 is 0 Å². The average Bonchev–Trinajstić information content (AvgIpc) is 2.35. The van der Waals surface area contributed by atoms with E-state index in [1.807, 2.05) is 6.20 Å². The highest BCUT2D eigenvalue weighted by molar-refractivity contribution is 5.47. The molecule has 18 heavy (non-hydrogen) atoms. The molecule has 0 atom stereocenters. The number of aryl methyl sites for hydroxylation is 1. The van der Waals surface area contributed by atoms with Crippen LogP contribution in [0.1, 0.15) is 24.5 Å². The molecule has 0 aromatic carbocycles. The maximum atomic E-state index is 5.63. The van der Waals surface area contributed by atoms with E-state index in [9.17, 15) is 0 Å². The summed E-state index contributed by atoms with van der Waals surface area (Å²) in [5.41, 5.74) is 7.94. The number of hydrogen-bond donors (Lipinski definition) is 1.